The highest BCUT2D eigenvalue weighted by Gasteiger charge is 2.32. The first kappa shape index (κ1) is 59.5. The molecule has 0 aromatic heterocycles. The SMILES string of the molecule is CC(C)C(=O)CCC(=O)NCCOCCOCCOCCOCCC(=O)N[C@H](CCC(=O)O)C(=O)N[C@H](C(=O)N[C@@H](CCCNC(N)=O)C(=O)Nc1ccc(CCC(=O)C(C)C)cc1)C(C)C. The predicted octanol–water partition coefficient (Wildman–Crippen LogP) is 1.78. The van der Waals surface area contributed by atoms with Gasteiger partial charge in [0, 0.05) is 62.7 Å². The van der Waals surface area contributed by atoms with Gasteiger partial charge in [0.1, 0.15) is 29.7 Å². The maximum absolute atomic E-state index is 13.7. The Balaban J connectivity index is 2.61. The minimum absolute atomic E-state index is 0.0221. The summed E-state index contributed by atoms with van der Waals surface area (Å²) in [7, 11) is 0. The summed E-state index contributed by atoms with van der Waals surface area (Å²) in [6.45, 7) is 13.0. The van der Waals surface area contributed by atoms with Crippen molar-refractivity contribution >= 4 is 58.8 Å². The number of carbonyl (C=O) groups excluding carboxylic acids is 8. The average molecular weight is 950 g/mol. The van der Waals surface area contributed by atoms with Gasteiger partial charge in [-0.3, -0.25) is 38.4 Å². The van der Waals surface area contributed by atoms with Crippen molar-refractivity contribution in [1.82, 2.24) is 26.6 Å². The van der Waals surface area contributed by atoms with E-state index >= 15 is 0 Å². The van der Waals surface area contributed by atoms with Crippen molar-refractivity contribution in [1.29, 1.82) is 0 Å². The van der Waals surface area contributed by atoms with Crippen LogP contribution in [0.25, 0.3) is 0 Å². The van der Waals surface area contributed by atoms with E-state index in [0.717, 1.165) is 5.56 Å². The first-order valence-electron chi connectivity index (χ1n) is 23.0. The fourth-order valence-electron chi connectivity index (χ4n) is 5.98. The largest absolute Gasteiger partial charge is 0.481 e. The van der Waals surface area contributed by atoms with E-state index in [9.17, 15) is 48.3 Å². The molecule has 0 saturated carbocycles. The predicted molar refractivity (Wildman–Crippen MR) is 248 cm³/mol. The molecule has 21 nitrogen and oxygen atoms in total. The lowest BCUT2D eigenvalue weighted by Crippen LogP contribution is -2.58. The summed E-state index contributed by atoms with van der Waals surface area (Å²) >= 11 is 0. The standard InChI is InChI=1S/C46H75N7O14/c1-30(2)37(54)15-11-33-9-12-34(13-10-33)50-43(60)35(8-7-20-49-46(47)63)52-45(62)42(32(5)6)53-44(61)36(14-18-41(58)59)51-40(57)19-22-64-24-26-66-28-29-67-27-25-65-23-21-48-39(56)17-16-38(55)31(3)4/h9-10,12-13,30-32,35-36,42H,7-8,11,14-29H2,1-6H3,(H,48,56)(H,50,60)(H,51,57)(H,52,62)(H,53,61)(H,58,59)(H3,47,49,63)/t35-,36+,42-/m0/s1. The molecule has 1 aromatic carbocycles. The number of carboxylic acids is 1. The number of rotatable bonds is 38. The minimum Gasteiger partial charge on any atom is -0.481 e. The molecule has 0 heterocycles. The van der Waals surface area contributed by atoms with Gasteiger partial charge in [0.15, 0.2) is 0 Å². The van der Waals surface area contributed by atoms with Crippen molar-refractivity contribution in [2.24, 2.45) is 23.5 Å². The van der Waals surface area contributed by atoms with Crippen molar-refractivity contribution in [3.63, 3.8) is 0 Å². The molecule has 1 rings (SSSR count). The number of hydrogen-bond donors (Lipinski definition) is 8. The third kappa shape index (κ3) is 29.0. The molecule has 0 aliphatic heterocycles. The molecule has 0 aliphatic carbocycles. The Morgan fingerprint density at radius 3 is 1.66 bits per heavy atom. The maximum Gasteiger partial charge on any atom is 0.312 e. The molecule has 1 aromatic rings. The molecular weight excluding hydrogens is 875 g/mol. The van der Waals surface area contributed by atoms with Crippen LogP contribution in [0.4, 0.5) is 10.5 Å². The van der Waals surface area contributed by atoms with Crippen molar-refractivity contribution in [2.45, 2.75) is 117 Å². The highest BCUT2D eigenvalue weighted by molar-refractivity contribution is 5.99. The molecule has 9 N–H and O–H groups in total. The number of aliphatic carboxylic acids is 1. The van der Waals surface area contributed by atoms with Crippen molar-refractivity contribution < 1.29 is 67.2 Å². The number of ether oxygens (including phenoxy) is 4. The Hall–Kier alpha value is -5.51. The molecule has 0 radical (unpaired) electrons. The summed E-state index contributed by atoms with van der Waals surface area (Å²) < 4.78 is 21.8. The number of nitrogens with one attached hydrogen (secondary N) is 6. The Morgan fingerprint density at radius 2 is 1.10 bits per heavy atom. The number of aryl methyl sites for hydroxylation is 1. The normalized spacial score (nSPS) is 12.5. The molecule has 0 unspecified atom stereocenters. The maximum atomic E-state index is 13.7. The van der Waals surface area contributed by atoms with Crippen LogP contribution in [-0.4, -0.2) is 142 Å². The van der Waals surface area contributed by atoms with E-state index in [-0.39, 0.29) is 101 Å². The molecule has 0 aliphatic rings. The Morgan fingerprint density at radius 1 is 0.552 bits per heavy atom. The van der Waals surface area contributed by atoms with Gasteiger partial charge in [-0.15, -0.1) is 0 Å². The molecule has 7 amide bonds. The molecule has 0 spiro atoms. The fourth-order valence-corrected chi connectivity index (χ4v) is 5.98. The van der Waals surface area contributed by atoms with Gasteiger partial charge in [0.2, 0.25) is 29.5 Å². The van der Waals surface area contributed by atoms with Crippen molar-refractivity contribution in [2.75, 3.05) is 71.3 Å². The van der Waals surface area contributed by atoms with Crippen LogP contribution in [0.3, 0.4) is 0 Å². The molecule has 3 atom stereocenters. The first-order chi connectivity index (χ1) is 31.8. The number of benzene rings is 1. The van der Waals surface area contributed by atoms with Crippen LogP contribution in [0.2, 0.25) is 0 Å². The van der Waals surface area contributed by atoms with Gasteiger partial charge in [-0.1, -0.05) is 53.7 Å². The number of nitrogens with two attached hydrogens (primary N) is 1. The Labute approximate surface area is 393 Å². The van der Waals surface area contributed by atoms with E-state index in [1.807, 2.05) is 13.8 Å². The van der Waals surface area contributed by atoms with Gasteiger partial charge in [0.25, 0.3) is 0 Å². The number of anilines is 1. The highest BCUT2D eigenvalue weighted by atomic mass is 16.6. The van der Waals surface area contributed by atoms with E-state index < -0.39 is 66.1 Å². The number of ketones is 2. The molecule has 0 saturated heterocycles. The van der Waals surface area contributed by atoms with Gasteiger partial charge in [-0.05, 0) is 49.3 Å². The summed E-state index contributed by atoms with van der Waals surface area (Å²) in [5.41, 5.74) is 6.52. The van der Waals surface area contributed by atoms with E-state index in [1.54, 1.807) is 52.0 Å². The van der Waals surface area contributed by atoms with Crippen LogP contribution in [0, 0.1) is 17.8 Å². The van der Waals surface area contributed by atoms with E-state index in [1.165, 1.54) is 0 Å². The summed E-state index contributed by atoms with van der Waals surface area (Å²) in [5, 5.41) is 25.1. The van der Waals surface area contributed by atoms with Crippen LogP contribution in [0.1, 0.15) is 98.5 Å². The molecule has 67 heavy (non-hydrogen) atoms. The van der Waals surface area contributed by atoms with E-state index in [0.29, 0.717) is 51.5 Å². The summed E-state index contributed by atoms with van der Waals surface area (Å²) in [5.74, 6) is -4.55. The van der Waals surface area contributed by atoms with E-state index in [2.05, 4.69) is 31.9 Å². The number of hydrogen-bond acceptors (Lipinski definition) is 13. The lowest BCUT2D eigenvalue weighted by atomic mass is 10.0. The lowest BCUT2D eigenvalue weighted by Gasteiger charge is -2.27. The lowest BCUT2D eigenvalue weighted by molar-refractivity contribution is -0.138. The molecule has 0 fully saturated rings. The summed E-state index contributed by atoms with van der Waals surface area (Å²) in [6, 6.07) is 2.56. The zero-order chi connectivity index (χ0) is 50.1. The number of carboxylic acid groups (broad SMARTS) is 1. The second kappa shape index (κ2) is 34.7. The van der Waals surface area contributed by atoms with Crippen molar-refractivity contribution in [3.05, 3.63) is 29.8 Å². The van der Waals surface area contributed by atoms with Crippen LogP contribution in [0.15, 0.2) is 24.3 Å². The smallest absolute Gasteiger partial charge is 0.312 e. The minimum atomic E-state index is -1.31. The number of urea groups is 1. The van der Waals surface area contributed by atoms with Gasteiger partial charge in [-0.25, -0.2) is 4.79 Å². The number of Topliss-reactive ketones (excluding diaryl/α,β-unsaturated/α-hetero) is 2. The monoisotopic (exact) mass is 950 g/mol. The third-order valence-electron chi connectivity index (χ3n) is 10.1. The molecule has 21 heteroatoms. The number of amides is 7. The van der Waals surface area contributed by atoms with E-state index in [4.69, 9.17) is 24.7 Å². The van der Waals surface area contributed by atoms with Gasteiger partial charge in [0.05, 0.1) is 52.9 Å². The first-order valence-corrected chi connectivity index (χ1v) is 23.0. The topological polar surface area (TPSA) is 309 Å². The van der Waals surface area contributed by atoms with Crippen LogP contribution < -0.4 is 37.6 Å². The Bertz CT molecular complexity index is 1710. The molecule has 378 valence electrons. The number of carbonyl (C=O) groups is 9. The molecule has 0 bridgehead atoms. The summed E-state index contributed by atoms with van der Waals surface area (Å²) in [4.78, 5) is 112. The fraction of sp³-hybridized carbons (Fsp3) is 0.674. The third-order valence-corrected chi connectivity index (χ3v) is 10.1. The van der Waals surface area contributed by atoms with Crippen molar-refractivity contribution in [3.8, 4) is 0 Å². The quantitative estimate of drug-likeness (QED) is 0.0439. The second-order valence-electron chi connectivity index (χ2n) is 16.8. The Kier molecular flexibility index (Phi) is 30.9. The highest BCUT2D eigenvalue weighted by Crippen LogP contribution is 2.15. The van der Waals surface area contributed by atoms with Gasteiger partial charge >= 0.3 is 12.0 Å². The number of primary amides is 1. The average Bonchev–Trinajstić information content (AvgIpc) is 3.27. The molecular formula is C46H75N7O14. The van der Waals surface area contributed by atoms with Gasteiger partial charge < -0.3 is 61.7 Å². The summed E-state index contributed by atoms with van der Waals surface area (Å²) in [6.07, 6.45) is 0.764. The zero-order valence-corrected chi connectivity index (χ0v) is 40.0. The van der Waals surface area contributed by atoms with Crippen LogP contribution in [0.5, 0.6) is 0 Å². The van der Waals surface area contributed by atoms with Gasteiger partial charge in [-0.2, -0.15) is 0 Å². The second-order valence-corrected chi connectivity index (χ2v) is 16.8. The van der Waals surface area contributed by atoms with Crippen LogP contribution in [-0.2, 0) is 63.7 Å². The zero-order valence-electron chi connectivity index (χ0n) is 40.0. The van der Waals surface area contributed by atoms with Crippen LogP contribution >= 0.6 is 0 Å².